The number of carbonyl (C=O) groups is 1. The number of nitrogens with one attached hydrogen (secondary N) is 1. The average Bonchev–Trinajstić information content (AvgIpc) is 2.48. The summed E-state index contributed by atoms with van der Waals surface area (Å²) in [6.07, 6.45) is 4.45. The lowest BCUT2D eigenvalue weighted by Crippen LogP contribution is -2.28. The third kappa shape index (κ3) is 2.99. The van der Waals surface area contributed by atoms with Crippen LogP contribution >= 0.6 is 0 Å². The van der Waals surface area contributed by atoms with Gasteiger partial charge in [0.1, 0.15) is 0 Å². The molecule has 3 heteroatoms. The van der Waals surface area contributed by atoms with E-state index in [2.05, 4.69) is 24.2 Å². The summed E-state index contributed by atoms with van der Waals surface area (Å²) in [4.78, 5) is 12.5. The largest absolute Gasteiger partial charge is 0.359 e. The van der Waals surface area contributed by atoms with Gasteiger partial charge in [-0.25, -0.2) is 0 Å². The standard InChI is InChI=1S/C10H20N2O/c1-3-9-6-10(12(2)7-9)4-5-11-8-13/h8-10H,3-7H2,1-2H3,(H,11,13). The van der Waals surface area contributed by atoms with Crippen LogP contribution in [-0.2, 0) is 4.79 Å². The molecule has 0 aliphatic carbocycles. The molecule has 0 spiro atoms. The van der Waals surface area contributed by atoms with Crippen LogP contribution in [0.3, 0.4) is 0 Å². The minimum Gasteiger partial charge on any atom is -0.359 e. The first-order valence-corrected chi connectivity index (χ1v) is 5.15. The SMILES string of the molecule is CCC1CC(CCNC=O)N(C)C1. The van der Waals surface area contributed by atoms with Crippen molar-refractivity contribution in [2.24, 2.45) is 5.92 Å². The van der Waals surface area contributed by atoms with Crippen molar-refractivity contribution in [2.75, 3.05) is 20.1 Å². The van der Waals surface area contributed by atoms with E-state index < -0.39 is 0 Å². The van der Waals surface area contributed by atoms with E-state index in [9.17, 15) is 4.79 Å². The van der Waals surface area contributed by atoms with E-state index in [1.54, 1.807) is 0 Å². The molecule has 1 aliphatic rings. The van der Waals surface area contributed by atoms with E-state index in [1.165, 1.54) is 19.4 Å². The average molecular weight is 184 g/mol. The first-order valence-electron chi connectivity index (χ1n) is 5.15. The molecule has 0 aromatic carbocycles. The molecular formula is C10H20N2O. The van der Waals surface area contributed by atoms with Crippen LogP contribution in [0, 0.1) is 5.92 Å². The lowest BCUT2D eigenvalue weighted by molar-refractivity contribution is -0.109. The minimum absolute atomic E-state index is 0.678. The van der Waals surface area contributed by atoms with Gasteiger partial charge in [0.25, 0.3) is 0 Å². The Hall–Kier alpha value is -0.570. The Morgan fingerprint density at radius 3 is 2.92 bits per heavy atom. The maximum atomic E-state index is 10.1. The molecule has 2 atom stereocenters. The Labute approximate surface area is 80.5 Å². The zero-order valence-corrected chi connectivity index (χ0v) is 8.62. The maximum Gasteiger partial charge on any atom is 0.207 e. The van der Waals surface area contributed by atoms with E-state index >= 15 is 0 Å². The smallest absolute Gasteiger partial charge is 0.207 e. The van der Waals surface area contributed by atoms with Crippen LogP contribution in [0.4, 0.5) is 0 Å². The second-order valence-corrected chi connectivity index (χ2v) is 3.96. The number of hydrogen-bond acceptors (Lipinski definition) is 2. The molecule has 3 nitrogen and oxygen atoms in total. The highest BCUT2D eigenvalue weighted by molar-refractivity contribution is 5.45. The Kier molecular flexibility index (Phi) is 4.22. The molecule has 0 aromatic rings. The van der Waals surface area contributed by atoms with Crippen molar-refractivity contribution in [1.29, 1.82) is 0 Å². The number of carbonyl (C=O) groups excluding carboxylic acids is 1. The van der Waals surface area contributed by atoms with Gasteiger partial charge in [-0.05, 0) is 25.8 Å². The van der Waals surface area contributed by atoms with E-state index in [0.717, 1.165) is 25.3 Å². The van der Waals surface area contributed by atoms with Crippen molar-refractivity contribution in [3.63, 3.8) is 0 Å². The Bertz CT molecular complexity index is 161. The normalized spacial score (nSPS) is 29.1. The summed E-state index contributed by atoms with van der Waals surface area (Å²) in [6, 6.07) is 0.678. The zero-order chi connectivity index (χ0) is 9.68. The summed E-state index contributed by atoms with van der Waals surface area (Å²) in [5.41, 5.74) is 0. The molecule has 1 rings (SSSR count). The highest BCUT2D eigenvalue weighted by Crippen LogP contribution is 2.25. The molecule has 0 aromatic heterocycles. The van der Waals surface area contributed by atoms with Crippen molar-refractivity contribution in [3.05, 3.63) is 0 Å². The number of nitrogens with zero attached hydrogens (tertiary/aromatic N) is 1. The first-order chi connectivity index (χ1) is 6.27. The lowest BCUT2D eigenvalue weighted by atomic mass is 10.0. The third-order valence-corrected chi connectivity index (χ3v) is 3.06. The Morgan fingerprint density at radius 1 is 1.62 bits per heavy atom. The topological polar surface area (TPSA) is 32.3 Å². The maximum absolute atomic E-state index is 10.1. The molecule has 2 unspecified atom stereocenters. The van der Waals surface area contributed by atoms with Crippen LogP contribution in [0.15, 0.2) is 0 Å². The predicted molar refractivity (Wildman–Crippen MR) is 53.5 cm³/mol. The molecule has 1 fully saturated rings. The molecule has 76 valence electrons. The molecule has 0 bridgehead atoms. The second kappa shape index (κ2) is 5.22. The van der Waals surface area contributed by atoms with E-state index in [-0.39, 0.29) is 0 Å². The van der Waals surface area contributed by atoms with Crippen LogP contribution in [0.2, 0.25) is 0 Å². The van der Waals surface area contributed by atoms with Gasteiger partial charge in [0.05, 0.1) is 0 Å². The van der Waals surface area contributed by atoms with Crippen LogP contribution in [0.5, 0.6) is 0 Å². The lowest BCUT2D eigenvalue weighted by Gasteiger charge is -2.18. The van der Waals surface area contributed by atoms with Gasteiger partial charge in [0, 0.05) is 19.1 Å². The van der Waals surface area contributed by atoms with E-state index in [0.29, 0.717) is 6.04 Å². The molecule has 0 radical (unpaired) electrons. The summed E-state index contributed by atoms with van der Waals surface area (Å²) in [7, 11) is 2.18. The molecule has 1 heterocycles. The highest BCUT2D eigenvalue weighted by atomic mass is 16.1. The molecular weight excluding hydrogens is 164 g/mol. The van der Waals surface area contributed by atoms with Gasteiger partial charge >= 0.3 is 0 Å². The number of rotatable bonds is 5. The highest BCUT2D eigenvalue weighted by Gasteiger charge is 2.27. The van der Waals surface area contributed by atoms with Gasteiger partial charge in [-0.1, -0.05) is 13.3 Å². The van der Waals surface area contributed by atoms with Crippen LogP contribution in [0.1, 0.15) is 26.2 Å². The van der Waals surface area contributed by atoms with Gasteiger partial charge in [0.15, 0.2) is 0 Å². The third-order valence-electron chi connectivity index (χ3n) is 3.06. The zero-order valence-electron chi connectivity index (χ0n) is 8.62. The van der Waals surface area contributed by atoms with Crippen molar-refractivity contribution < 1.29 is 4.79 Å². The summed E-state index contributed by atoms with van der Waals surface area (Å²) in [5, 5.41) is 2.72. The molecule has 13 heavy (non-hydrogen) atoms. The monoisotopic (exact) mass is 184 g/mol. The summed E-state index contributed by atoms with van der Waals surface area (Å²) < 4.78 is 0. The fourth-order valence-electron chi connectivity index (χ4n) is 2.14. The molecule has 0 saturated carbocycles. The van der Waals surface area contributed by atoms with Crippen molar-refractivity contribution >= 4 is 6.41 Å². The summed E-state index contributed by atoms with van der Waals surface area (Å²) in [5.74, 6) is 0.867. The van der Waals surface area contributed by atoms with E-state index in [1.807, 2.05) is 0 Å². The van der Waals surface area contributed by atoms with E-state index in [4.69, 9.17) is 0 Å². The first kappa shape index (κ1) is 10.5. The van der Waals surface area contributed by atoms with Crippen molar-refractivity contribution in [1.82, 2.24) is 10.2 Å². The fourth-order valence-corrected chi connectivity index (χ4v) is 2.14. The molecule has 1 N–H and O–H groups in total. The van der Waals surface area contributed by atoms with Crippen molar-refractivity contribution in [3.8, 4) is 0 Å². The summed E-state index contributed by atoms with van der Waals surface area (Å²) >= 11 is 0. The van der Waals surface area contributed by atoms with Gasteiger partial charge in [0.2, 0.25) is 6.41 Å². The van der Waals surface area contributed by atoms with Crippen LogP contribution in [-0.4, -0.2) is 37.5 Å². The molecule has 1 saturated heterocycles. The fraction of sp³-hybridized carbons (Fsp3) is 0.900. The minimum atomic E-state index is 0.678. The second-order valence-electron chi connectivity index (χ2n) is 3.96. The predicted octanol–water partition coefficient (Wildman–Crippen LogP) is 0.853. The summed E-state index contributed by atoms with van der Waals surface area (Å²) in [6.45, 7) is 4.29. The van der Waals surface area contributed by atoms with Crippen molar-refractivity contribution in [2.45, 2.75) is 32.2 Å². The van der Waals surface area contributed by atoms with Gasteiger partial charge in [-0.15, -0.1) is 0 Å². The van der Waals surface area contributed by atoms with Crippen LogP contribution < -0.4 is 5.32 Å². The molecule has 1 aliphatic heterocycles. The van der Waals surface area contributed by atoms with Gasteiger partial charge < -0.3 is 10.2 Å². The number of hydrogen-bond donors (Lipinski definition) is 1. The van der Waals surface area contributed by atoms with Crippen LogP contribution in [0.25, 0.3) is 0 Å². The number of likely N-dealkylation sites (tertiary alicyclic amines) is 1. The van der Waals surface area contributed by atoms with Gasteiger partial charge in [-0.3, -0.25) is 4.79 Å². The quantitative estimate of drug-likeness (QED) is 0.507. The molecule has 1 amide bonds. The number of amides is 1. The Balaban J connectivity index is 2.22. The van der Waals surface area contributed by atoms with Gasteiger partial charge in [-0.2, -0.15) is 0 Å². The Morgan fingerprint density at radius 2 is 2.38 bits per heavy atom.